The first kappa shape index (κ1) is 20.2. The summed E-state index contributed by atoms with van der Waals surface area (Å²) in [6.07, 6.45) is 3.24. The minimum Gasteiger partial charge on any atom is -0.400 e. The summed E-state index contributed by atoms with van der Waals surface area (Å²) in [6, 6.07) is 17.6. The van der Waals surface area contributed by atoms with Gasteiger partial charge < -0.3 is 9.33 Å². The summed E-state index contributed by atoms with van der Waals surface area (Å²) in [7, 11) is -2.14. The van der Waals surface area contributed by atoms with Gasteiger partial charge in [0, 0.05) is 5.56 Å². The second-order valence-electron chi connectivity index (χ2n) is 8.08. The molecule has 1 aliphatic rings. The maximum absolute atomic E-state index is 13.8. The molecule has 0 fully saturated rings. The van der Waals surface area contributed by atoms with Crippen molar-refractivity contribution in [3.63, 3.8) is 0 Å². The van der Waals surface area contributed by atoms with Crippen molar-refractivity contribution in [1.82, 2.24) is 0 Å². The van der Waals surface area contributed by atoms with Gasteiger partial charge in [0.05, 0.1) is 18.7 Å². The van der Waals surface area contributed by atoms with E-state index in [1.165, 1.54) is 6.08 Å². The van der Waals surface area contributed by atoms with Crippen LogP contribution in [0.1, 0.15) is 24.5 Å². The van der Waals surface area contributed by atoms with Gasteiger partial charge in [-0.15, -0.1) is 0 Å². The summed E-state index contributed by atoms with van der Waals surface area (Å²) < 4.78 is 6.50. The van der Waals surface area contributed by atoms with Gasteiger partial charge in [0.1, 0.15) is 0 Å². The van der Waals surface area contributed by atoms with Gasteiger partial charge in [0.15, 0.2) is 19.7 Å². The quantitative estimate of drug-likeness (QED) is 0.501. The predicted molar refractivity (Wildman–Crippen MR) is 115 cm³/mol. The van der Waals surface area contributed by atoms with Crippen molar-refractivity contribution in [3.8, 4) is 0 Å². The summed E-state index contributed by atoms with van der Waals surface area (Å²) in [5.74, 6) is -0.261. The van der Waals surface area contributed by atoms with Gasteiger partial charge in [-0.05, 0) is 44.3 Å². The predicted octanol–water partition coefficient (Wildman–Crippen LogP) is 4.82. The lowest BCUT2D eigenvalue weighted by molar-refractivity contribution is -0.138. The summed E-state index contributed by atoms with van der Waals surface area (Å²) in [5.41, 5.74) is 1.39. The van der Waals surface area contributed by atoms with Crippen LogP contribution in [0, 0.1) is 0 Å². The van der Waals surface area contributed by atoms with Gasteiger partial charge in [0.25, 0.3) is 5.91 Å². The van der Waals surface area contributed by atoms with Crippen molar-refractivity contribution in [3.05, 3.63) is 77.9 Å². The second-order valence-corrected chi connectivity index (χ2v) is 12.5. The molecule has 1 atom stereocenters. The standard InChI is InChI=1S/C23H27NO3Si/c1-5-11-19(25)16-23(27-28(2,3)4)20-14-9-10-15-21(20)24(22(23)26)17-18-12-7-6-8-13-18/h5-15H,16-17H2,1-4H3/b11-5+. The fraction of sp³-hybridized carbons (Fsp3) is 0.304. The smallest absolute Gasteiger partial charge is 0.263 e. The highest BCUT2D eigenvalue weighted by Gasteiger charge is 2.54. The van der Waals surface area contributed by atoms with Crippen LogP contribution in [0.3, 0.4) is 0 Å². The van der Waals surface area contributed by atoms with E-state index in [1.807, 2.05) is 74.2 Å². The van der Waals surface area contributed by atoms with E-state index in [9.17, 15) is 9.59 Å². The molecule has 1 unspecified atom stereocenters. The Bertz CT molecular complexity index is 902. The van der Waals surface area contributed by atoms with E-state index >= 15 is 0 Å². The fourth-order valence-electron chi connectivity index (χ4n) is 3.73. The van der Waals surface area contributed by atoms with Gasteiger partial charge >= 0.3 is 0 Å². The Morgan fingerprint density at radius 2 is 1.71 bits per heavy atom. The third-order valence-electron chi connectivity index (χ3n) is 4.66. The normalized spacial score (nSPS) is 19.3. The molecular formula is C23H27NO3Si. The molecule has 2 aromatic carbocycles. The number of amides is 1. The minimum atomic E-state index is -2.14. The molecule has 0 radical (unpaired) electrons. The highest BCUT2D eigenvalue weighted by atomic mass is 28.4. The number of nitrogens with zero attached hydrogens (tertiary/aromatic N) is 1. The molecule has 0 N–H and O–H groups in total. The summed E-state index contributed by atoms with van der Waals surface area (Å²) in [4.78, 5) is 28.1. The van der Waals surface area contributed by atoms with E-state index in [0.29, 0.717) is 6.54 Å². The van der Waals surface area contributed by atoms with Gasteiger partial charge in [-0.1, -0.05) is 54.6 Å². The van der Waals surface area contributed by atoms with E-state index in [2.05, 4.69) is 0 Å². The summed E-state index contributed by atoms with van der Waals surface area (Å²) >= 11 is 0. The van der Waals surface area contributed by atoms with Gasteiger partial charge in [-0.3, -0.25) is 9.59 Å². The van der Waals surface area contributed by atoms with Crippen LogP contribution in [0.5, 0.6) is 0 Å². The molecule has 3 rings (SSSR count). The molecule has 0 spiro atoms. The van der Waals surface area contributed by atoms with Crippen LogP contribution in [0.25, 0.3) is 0 Å². The zero-order valence-corrected chi connectivity index (χ0v) is 17.9. The molecule has 1 heterocycles. The lowest BCUT2D eigenvalue weighted by atomic mass is 9.90. The van der Waals surface area contributed by atoms with Crippen LogP contribution in [-0.4, -0.2) is 20.0 Å². The average molecular weight is 394 g/mol. The van der Waals surface area contributed by atoms with Gasteiger partial charge in [-0.2, -0.15) is 0 Å². The highest BCUT2D eigenvalue weighted by molar-refractivity contribution is 6.70. The fourth-order valence-corrected chi connectivity index (χ4v) is 5.05. The van der Waals surface area contributed by atoms with Gasteiger partial charge in [0.2, 0.25) is 0 Å². The van der Waals surface area contributed by atoms with Gasteiger partial charge in [-0.25, -0.2) is 0 Å². The number of benzene rings is 2. The zero-order chi connectivity index (χ0) is 20.4. The Kier molecular flexibility index (Phi) is 5.68. The average Bonchev–Trinajstić information content (AvgIpc) is 2.84. The summed E-state index contributed by atoms with van der Waals surface area (Å²) in [5, 5.41) is 0. The van der Waals surface area contributed by atoms with Crippen molar-refractivity contribution >= 4 is 25.7 Å². The Morgan fingerprint density at radius 3 is 2.36 bits per heavy atom. The first-order valence-electron chi connectivity index (χ1n) is 9.58. The minimum absolute atomic E-state index is 0.0166. The van der Waals surface area contributed by atoms with Crippen molar-refractivity contribution in [2.75, 3.05) is 4.90 Å². The van der Waals surface area contributed by atoms with E-state index < -0.39 is 13.9 Å². The number of para-hydroxylation sites is 1. The molecule has 0 saturated heterocycles. The lowest BCUT2D eigenvalue weighted by Gasteiger charge is -2.34. The van der Waals surface area contributed by atoms with E-state index in [-0.39, 0.29) is 18.1 Å². The maximum atomic E-state index is 13.8. The first-order chi connectivity index (χ1) is 13.3. The molecule has 0 bridgehead atoms. The number of carbonyl (C=O) groups is 2. The van der Waals surface area contributed by atoms with Crippen molar-refractivity contribution in [2.24, 2.45) is 0 Å². The Hall–Kier alpha value is -2.50. The Labute approximate surface area is 168 Å². The van der Waals surface area contributed by atoms with E-state index in [4.69, 9.17) is 4.43 Å². The van der Waals surface area contributed by atoms with Crippen molar-refractivity contribution in [1.29, 1.82) is 0 Å². The SMILES string of the molecule is C/C=C/C(=O)CC1(O[Si](C)(C)C)C(=O)N(Cc2ccccc2)c2ccccc21. The largest absolute Gasteiger partial charge is 0.400 e. The first-order valence-corrected chi connectivity index (χ1v) is 13.0. The van der Waals surface area contributed by atoms with Crippen LogP contribution in [0.15, 0.2) is 66.7 Å². The number of hydrogen-bond acceptors (Lipinski definition) is 3. The number of fused-ring (bicyclic) bond motifs is 1. The Morgan fingerprint density at radius 1 is 1.07 bits per heavy atom. The highest BCUT2D eigenvalue weighted by Crippen LogP contribution is 2.47. The number of anilines is 1. The van der Waals surface area contributed by atoms with Crippen LogP contribution in [-0.2, 0) is 26.2 Å². The molecular weight excluding hydrogens is 366 g/mol. The maximum Gasteiger partial charge on any atom is 0.263 e. The monoisotopic (exact) mass is 393 g/mol. The molecule has 5 heteroatoms. The van der Waals surface area contributed by atoms with Crippen LogP contribution >= 0.6 is 0 Å². The van der Waals surface area contributed by atoms with Crippen LogP contribution in [0.2, 0.25) is 19.6 Å². The van der Waals surface area contributed by atoms with Crippen LogP contribution in [0.4, 0.5) is 5.69 Å². The van der Waals surface area contributed by atoms with Crippen LogP contribution < -0.4 is 4.90 Å². The molecule has 146 valence electrons. The molecule has 0 aromatic heterocycles. The molecule has 1 amide bonds. The molecule has 4 nitrogen and oxygen atoms in total. The third-order valence-corrected chi connectivity index (χ3v) is 5.62. The zero-order valence-electron chi connectivity index (χ0n) is 16.9. The number of allylic oxidation sites excluding steroid dienone is 2. The lowest BCUT2D eigenvalue weighted by Crippen LogP contribution is -2.49. The third kappa shape index (κ3) is 4.00. The Balaban J connectivity index is 2.10. The number of hydrogen-bond donors (Lipinski definition) is 0. The topological polar surface area (TPSA) is 46.6 Å². The number of ketones is 1. The molecule has 0 aliphatic carbocycles. The molecule has 28 heavy (non-hydrogen) atoms. The second kappa shape index (κ2) is 7.85. The van der Waals surface area contributed by atoms with E-state index in [1.54, 1.807) is 17.9 Å². The van der Waals surface area contributed by atoms with Crippen molar-refractivity contribution in [2.45, 2.75) is 45.1 Å². The van der Waals surface area contributed by atoms with Crippen molar-refractivity contribution < 1.29 is 14.0 Å². The molecule has 0 saturated carbocycles. The van der Waals surface area contributed by atoms with E-state index in [0.717, 1.165) is 16.8 Å². The number of carbonyl (C=O) groups excluding carboxylic acids is 2. The molecule has 1 aliphatic heterocycles. The number of rotatable bonds is 7. The molecule has 2 aromatic rings. The summed E-state index contributed by atoms with van der Waals surface area (Å²) in [6.45, 7) is 8.39.